The Morgan fingerprint density at radius 1 is 1.38 bits per heavy atom. The molecule has 0 bridgehead atoms. The summed E-state index contributed by atoms with van der Waals surface area (Å²) in [7, 11) is 0. The molecule has 1 aliphatic heterocycles. The summed E-state index contributed by atoms with van der Waals surface area (Å²) >= 11 is 0. The van der Waals surface area contributed by atoms with E-state index in [2.05, 4.69) is 22.9 Å². The Bertz CT molecular complexity index is 277. The van der Waals surface area contributed by atoms with Crippen LogP contribution in [0, 0.1) is 0 Å². The molecule has 0 N–H and O–H groups in total. The zero-order valence-electron chi connectivity index (χ0n) is 8.16. The van der Waals surface area contributed by atoms with Gasteiger partial charge in [0.05, 0.1) is 11.9 Å². The number of pyridine rings is 1. The quantitative estimate of drug-likeness (QED) is 0.687. The third-order valence-electron chi connectivity index (χ3n) is 2.72. The predicted molar refractivity (Wildman–Crippen MR) is 55.1 cm³/mol. The summed E-state index contributed by atoms with van der Waals surface area (Å²) in [6.45, 7) is 4.62. The van der Waals surface area contributed by atoms with Crippen molar-refractivity contribution in [3.63, 3.8) is 0 Å². The maximum atomic E-state index is 4.20. The van der Waals surface area contributed by atoms with Crippen LogP contribution in [0.2, 0.25) is 0 Å². The Hall–Kier alpha value is -1.05. The Morgan fingerprint density at radius 2 is 2.15 bits per heavy atom. The molecule has 0 aliphatic carbocycles. The summed E-state index contributed by atoms with van der Waals surface area (Å²) in [5.41, 5.74) is 2.78. The molecule has 1 aliphatic rings. The van der Waals surface area contributed by atoms with Crippen molar-refractivity contribution in [3.8, 4) is 0 Å². The molecule has 1 aromatic heterocycles. The van der Waals surface area contributed by atoms with Crippen LogP contribution in [0.4, 0.5) is 5.69 Å². The number of hydrogen-bond acceptors (Lipinski definition) is 2. The first-order valence-electron chi connectivity index (χ1n) is 5.09. The van der Waals surface area contributed by atoms with Gasteiger partial charge in [0.2, 0.25) is 0 Å². The van der Waals surface area contributed by atoms with Crippen molar-refractivity contribution in [1.29, 1.82) is 0 Å². The first kappa shape index (κ1) is 8.54. The molecule has 70 valence electrons. The normalized spacial score (nSPS) is 16.5. The molecule has 0 radical (unpaired) electrons. The average molecular weight is 176 g/mol. The minimum absolute atomic E-state index is 1.11. The fraction of sp³-hybridized carbons (Fsp3) is 0.545. The third kappa shape index (κ3) is 1.67. The molecule has 1 saturated heterocycles. The van der Waals surface area contributed by atoms with Crippen LogP contribution in [0.25, 0.3) is 0 Å². The van der Waals surface area contributed by atoms with E-state index in [1.54, 1.807) is 0 Å². The highest BCUT2D eigenvalue weighted by molar-refractivity contribution is 5.52. The van der Waals surface area contributed by atoms with E-state index in [4.69, 9.17) is 0 Å². The predicted octanol–water partition coefficient (Wildman–Crippen LogP) is 2.24. The highest BCUT2D eigenvalue weighted by Gasteiger charge is 2.14. The lowest BCUT2D eigenvalue weighted by Gasteiger charge is -2.19. The minimum Gasteiger partial charge on any atom is -0.370 e. The van der Waals surface area contributed by atoms with Crippen molar-refractivity contribution in [1.82, 2.24) is 4.98 Å². The van der Waals surface area contributed by atoms with Crippen molar-refractivity contribution in [2.75, 3.05) is 18.0 Å². The average Bonchev–Trinajstić information content (AvgIpc) is 2.70. The zero-order valence-corrected chi connectivity index (χ0v) is 8.16. The number of rotatable bonds is 2. The molecule has 2 nitrogen and oxygen atoms in total. The van der Waals surface area contributed by atoms with Crippen LogP contribution < -0.4 is 4.90 Å². The number of aromatic nitrogens is 1. The molecule has 0 aromatic carbocycles. The first-order valence-corrected chi connectivity index (χ1v) is 5.09. The van der Waals surface area contributed by atoms with Crippen LogP contribution in [-0.4, -0.2) is 18.1 Å². The second kappa shape index (κ2) is 3.77. The molecule has 1 fully saturated rings. The Kier molecular flexibility index (Phi) is 2.48. The Balaban J connectivity index is 2.26. The van der Waals surface area contributed by atoms with E-state index in [1.165, 1.54) is 37.2 Å². The van der Waals surface area contributed by atoms with Gasteiger partial charge in [0.15, 0.2) is 0 Å². The topological polar surface area (TPSA) is 16.1 Å². The number of aryl methyl sites for hydroxylation is 1. The molecule has 0 unspecified atom stereocenters. The monoisotopic (exact) mass is 176 g/mol. The van der Waals surface area contributed by atoms with Crippen LogP contribution in [-0.2, 0) is 6.42 Å². The van der Waals surface area contributed by atoms with Crippen LogP contribution in [0.5, 0.6) is 0 Å². The maximum Gasteiger partial charge on any atom is 0.0585 e. The SMILES string of the molecule is CCc1ccncc1N1CCCC1. The second-order valence-corrected chi connectivity index (χ2v) is 3.55. The van der Waals surface area contributed by atoms with E-state index in [1.807, 2.05) is 12.4 Å². The molecular formula is C11H16N2. The van der Waals surface area contributed by atoms with Crippen molar-refractivity contribution in [3.05, 3.63) is 24.0 Å². The summed E-state index contributed by atoms with van der Waals surface area (Å²) in [5, 5.41) is 0. The lowest BCUT2D eigenvalue weighted by Crippen LogP contribution is -2.19. The number of anilines is 1. The molecule has 0 spiro atoms. The van der Waals surface area contributed by atoms with Gasteiger partial charge in [-0.3, -0.25) is 4.98 Å². The van der Waals surface area contributed by atoms with Crippen LogP contribution in [0.15, 0.2) is 18.5 Å². The van der Waals surface area contributed by atoms with Gasteiger partial charge in [-0.15, -0.1) is 0 Å². The lowest BCUT2D eigenvalue weighted by molar-refractivity contribution is 0.939. The molecule has 2 heterocycles. The molecule has 0 amide bonds. The van der Waals surface area contributed by atoms with E-state index in [9.17, 15) is 0 Å². The number of nitrogens with zero attached hydrogens (tertiary/aromatic N) is 2. The first-order chi connectivity index (χ1) is 6.42. The van der Waals surface area contributed by atoms with E-state index in [0.717, 1.165) is 6.42 Å². The Labute approximate surface area is 79.6 Å². The highest BCUT2D eigenvalue weighted by atomic mass is 15.1. The van der Waals surface area contributed by atoms with E-state index in [0.29, 0.717) is 0 Å². The van der Waals surface area contributed by atoms with Gasteiger partial charge in [-0.05, 0) is 30.9 Å². The summed E-state index contributed by atoms with van der Waals surface area (Å²) in [6.07, 6.45) is 7.66. The van der Waals surface area contributed by atoms with Crippen LogP contribution in [0.1, 0.15) is 25.3 Å². The van der Waals surface area contributed by atoms with Crippen molar-refractivity contribution in [2.45, 2.75) is 26.2 Å². The lowest BCUT2D eigenvalue weighted by atomic mass is 10.1. The summed E-state index contributed by atoms with van der Waals surface area (Å²) in [5.74, 6) is 0. The van der Waals surface area contributed by atoms with Gasteiger partial charge in [0, 0.05) is 19.3 Å². The summed E-state index contributed by atoms with van der Waals surface area (Å²) < 4.78 is 0. The third-order valence-corrected chi connectivity index (χ3v) is 2.72. The smallest absolute Gasteiger partial charge is 0.0585 e. The highest BCUT2D eigenvalue weighted by Crippen LogP contribution is 2.23. The van der Waals surface area contributed by atoms with Crippen LogP contribution in [0.3, 0.4) is 0 Å². The number of hydrogen-bond donors (Lipinski definition) is 0. The second-order valence-electron chi connectivity index (χ2n) is 3.55. The van der Waals surface area contributed by atoms with Gasteiger partial charge in [-0.25, -0.2) is 0 Å². The Morgan fingerprint density at radius 3 is 2.85 bits per heavy atom. The molecule has 0 saturated carbocycles. The zero-order chi connectivity index (χ0) is 9.10. The minimum atomic E-state index is 1.11. The molecule has 1 aromatic rings. The van der Waals surface area contributed by atoms with Crippen molar-refractivity contribution >= 4 is 5.69 Å². The van der Waals surface area contributed by atoms with Gasteiger partial charge in [-0.1, -0.05) is 6.92 Å². The summed E-state index contributed by atoms with van der Waals surface area (Å²) in [4.78, 5) is 6.65. The van der Waals surface area contributed by atoms with Gasteiger partial charge in [-0.2, -0.15) is 0 Å². The summed E-state index contributed by atoms with van der Waals surface area (Å²) in [6, 6.07) is 2.13. The standard InChI is InChI=1S/C11H16N2/c1-2-10-5-6-12-9-11(10)13-7-3-4-8-13/h5-6,9H,2-4,7-8H2,1H3. The van der Waals surface area contributed by atoms with Crippen LogP contribution >= 0.6 is 0 Å². The molecule has 13 heavy (non-hydrogen) atoms. The molecule has 2 heteroatoms. The molecule has 0 atom stereocenters. The van der Waals surface area contributed by atoms with E-state index < -0.39 is 0 Å². The van der Waals surface area contributed by atoms with Gasteiger partial charge < -0.3 is 4.90 Å². The molecular weight excluding hydrogens is 160 g/mol. The fourth-order valence-electron chi connectivity index (χ4n) is 1.96. The van der Waals surface area contributed by atoms with E-state index in [-0.39, 0.29) is 0 Å². The maximum absolute atomic E-state index is 4.20. The van der Waals surface area contributed by atoms with Crippen molar-refractivity contribution in [2.24, 2.45) is 0 Å². The van der Waals surface area contributed by atoms with E-state index >= 15 is 0 Å². The van der Waals surface area contributed by atoms with Gasteiger partial charge in [0.1, 0.15) is 0 Å². The fourth-order valence-corrected chi connectivity index (χ4v) is 1.96. The van der Waals surface area contributed by atoms with Gasteiger partial charge >= 0.3 is 0 Å². The van der Waals surface area contributed by atoms with Crippen molar-refractivity contribution < 1.29 is 0 Å². The largest absolute Gasteiger partial charge is 0.370 e. The van der Waals surface area contributed by atoms with Gasteiger partial charge in [0.25, 0.3) is 0 Å². The molecule has 2 rings (SSSR count).